The molecular formula is C21H20ClN3O4S. The van der Waals surface area contributed by atoms with E-state index in [1.54, 1.807) is 54.7 Å². The molecule has 30 heavy (non-hydrogen) atoms. The van der Waals surface area contributed by atoms with E-state index in [4.69, 9.17) is 16.3 Å². The van der Waals surface area contributed by atoms with Gasteiger partial charge in [0.1, 0.15) is 11.0 Å². The molecule has 1 unspecified atom stereocenters. The molecule has 0 saturated heterocycles. The van der Waals surface area contributed by atoms with Crippen molar-refractivity contribution in [2.75, 3.05) is 19.0 Å². The third-order valence-corrected chi connectivity index (χ3v) is 6.74. The zero-order chi connectivity index (χ0) is 21.6. The van der Waals surface area contributed by atoms with Crippen molar-refractivity contribution in [3.63, 3.8) is 0 Å². The monoisotopic (exact) mass is 445 g/mol. The molecule has 1 aromatic heterocycles. The summed E-state index contributed by atoms with van der Waals surface area (Å²) in [4.78, 5) is 16.4. The Morgan fingerprint density at radius 1 is 1.10 bits per heavy atom. The summed E-state index contributed by atoms with van der Waals surface area (Å²) in [5.74, 6) is 0.548. The lowest BCUT2D eigenvalue weighted by Gasteiger charge is -2.19. The Hall–Kier alpha value is -3.10. The molecule has 0 aliphatic carbocycles. The van der Waals surface area contributed by atoms with Crippen molar-refractivity contribution in [3.8, 4) is 5.75 Å². The Balaban J connectivity index is 1.80. The molecule has 0 fully saturated rings. The lowest BCUT2D eigenvalue weighted by Crippen LogP contribution is -2.35. The van der Waals surface area contributed by atoms with Gasteiger partial charge in [0.25, 0.3) is 0 Å². The number of halogens is 1. The number of ether oxygens (including phenoxy) is 1. The summed E-state index contributed by atoms with van der Waals surface area (Å²) in [6.45, 7) is -0.139. The van der Waals surface area contributed by atoms with Crippen molar-refractivity contribution in [2.24, 2.45) is 0 Å². The zero-order valence-electron chi connectivity index (χ0n) is 16.1. The smallest absolute Gasteiger partial charge is 0.319 e. The van der Waals surface area contributed by atoms with E-state index in [1.807, 2.05) is 0 Å². The third-order valence-electron chi connectivity index (χ3n) is 4.37. The van der Waals surface area contributed by atoms with Crippen LogP contribution in [0.3, 0.4) is 0 Å². The molecule has 3 rings (SSSR count). The molecule has 1 atom stereocenters. The van der Waals surface area contributed by atoms with Gasteiger partial charge < -0.3 is 15.4 Å². The minimum atomic E-state index is -3.81. The van der Waals surface area contributed by atoms with E-state index >= 15 is 0 Å². The number of carbonyl (C=O) groups excluding carboxylic acids is 1. The van der Waals surface area contributed by atoms with Gasteiger partial charge in [-0.1, -0.05) is 17.7 Å². The van der Waals surface area contributed by atoms with Crippen LogP contribution in [0.2, 0.25) is 5.02 Å². The van der Waals surface area contributed by atoms with Crippen molar-refractivity contribution in [2.45, 2.75) is 10.1 Å². The van der Waals surface area contributed by atoms with Crippen molar-refractivity contribution < 1.29 is 17.9 Å². The number of nitrogens with zero attached hydrogens (tertiary/aromatic N) is 1. The second-order valence-corrected chi connectivity index (χ2v) is 8.90. The molecule has 2 amide bonds. The Bertz CT molecular complexity index is 1090. The molecule has 0 saturated carbocycles. The van der Waals surface area contributed by atoms with Crippen LogP contribution < -0.4 is 15.4 Å². The molecule has 2 aromatic carbocycles. The molecule has 2 N–H and O–H groups in total. The number of nitrogens with one attached hydrogen (secondary N) is 2. The summed E-state index contributed by atoms with van der Waals surface area (Å²) in [7, 11) is -2.30. The number of sulfone groups is 1. The molecule has 0 aliphatic heterocycles. The highest BCUT2D eigenvalue weighted by molar-refractivity contribution is 7.91. The topological polar surface area (TPSA) is 97.4 Å². The van der Waals surface area contributed by atoms with Gasteiger partial charge in [0.2, 0.25) is 0 Å². The summed E-state index contributed by atoms with van der Waals surface area (Å²) >= 11 is 5.84. The fraction of sp³-hybridized carbons (Fsp3) is 0.143. The molecule has 1 heterocycles. The molecule has 9 heteroatoms. The summed E-state index contributed by atoms with van der Waals surface area (Å²) < 4.78 is 31.7. The van der Waals surface area contributed by atoms with Crippen LogP contribution in [0.1, 0.15) is 10.8 Å². The lowest BCUT2D eigenvalue weighted by molar-refractivity contribution is 0.252. The number of pyridine rings is 1. The van der Waals surface area contributed by atoms with Gasteiger partial charge in [-0.25, -0.2) is 13.2 Å². The highest BCUT2D eigenvalue weighted by Gasteiger charge is 2.30. The third kappa shape index (κ3) is 5.28. The van der Waals surface area contributed by atoms with Gasteiger partial charge in [-0.3, -0.25) is 4.98 Å². The van der Waals surface area contributed by atoms with E-state index in [-0.39, 0.29) is 11.4 Å². The Morgan fingerprint density at radius 2 is 1.80 bits per heavy atom. The van der Waals surface area contributed by atoms with Gasteiger partial charge in [-0.05, 0) is 60.2 Å². The standard InChI is InChI=1S/C21H20ClN3O4S/c1-29-18-8-10-19(11-9-18)30(27,28)20(15-3-2-12-23-13-15)14-24-21(26)25-17-6-4-16(22)5-7-17/h2-13,20H,14H2,1H3,(H2,24,25,26). The van der Waals surface area contributed by atoms with Gasteiger partial charge >= 0.3 is 6.03 Å². The summed E-state index contributed by atoms with van der Waals surface area (Å²) in [5.41, 5.74) is 1.01. The normalized spacial score (nSPS) is 12.1. The first-order valence-electron chi connectivity index (χ1n) is 8.98. The van der Waals surface area contributed by atoms with E-state index in [0.717, 1.165) is 0 Å². The molecule has 156 valence electrons. The zero-order valence-corrected chi connectivity index (χ0v) is 17.7. The van der Waals surface area contributed by atoms with Gasteiger partial charge in [-0.2, -0.15) is 0 Å². The van der Waals surface area contributed by atoms with Crippen molar-refractivity contribution in [1.29, 1.82) is 0 Å². The van der Waals surface area contributed by atoms with Crippen LogP contribution >= 0.6 is 11.6 Å². The number of carbonyl (C=O) groups is 1. The predicted octanol–water partition coefficient (Wildman–Crippen LogP) is 4.08. The fourth-order valence-electron chi connectivity index (χ4n) is 2.80. The number of anilines is 1. The largest absolute Gasteiger partial charge is 0.497 e. The molecule has 0 spiro atoms. The van der Waals surface area contributed by atoms with Gasteiger partial charge in [-0.15, -0.1) is 0 Å². The number of urea groups is 1. The van der Waals surface area contributed by atoms with Crippen LogP contribution in [0.25, 0.3) is 0 Å². The van der Waals surface area contributed by atoms with E-state index in [2.05, 4.69) is 15.6 Å². The molecule has 7 nitrogen and oxygen atoms in total. The van der Waals surface area contributed by atoms with Gasteiger partial charge in [0.05, 0.1) is 12.0 Å². The highest BCUT2D eigenvalue weighted by atomic mass is 35.5. The van der Waals surface area contributed by atoms with Crippen LogP contribution in [-0.4, -0.2) is 33.1 Å². The number of hydrogen-bond donors (Lipinski definition) is 2. The van der Waals surface area contributed by atoms with Crippen LogP contribution in [0, 0.1) is 0 Å². The van der Waals surface area contributed by atoms with Crippen LogP contribution in [0.4, 0.5) is 10.5 Å². The minimum absolute atomic E-state index is 0.122. The number of aromatic nitrogens is 1. The van der Waals surface area contributed by atoms with Gasteiger partial charge in [0.15, 0.2) is 9.84 Å². The van der Waals surface area contributed by atoms with Crippen LogP contribution in [0.15, 0.2) is 78.0 Å². The van der Waals surface area contributed by atoms with Crippen molar-refractivity contribution in [1.82, 2.24) is 10.3 Å². The van der Waals surface area contributed by atoms with Crippen molar-refractivity contribution >= 4 is 33.2 Å². The number of amides is 2. The molecule has 0 bridgehead atoms. The number of benzene rings is 2. The van der Waals surface area contributed by atoms with Gasteiger partial charge in [0, 0.05) is 29.6 Å². The molecular weight excluding hydrogens is 426 g/mol. The second-order valence-electron chi connectivity index (χ2n) is 6.34. The predicted molar refractivity (Wildman–Crippen MR) is 116 cm³/mol. The maximum absolute atomic E-state index is 13.3. The lowest BCUT2D eigenvalue weighted by atomic mass is 10.2. The Morgan fingerprint density at radius 3 is 2.40 bits per heavy atom. The highest BCUT2D eigenvalue weighted by Crippen LogP contribution is 2.29. The summed E-state index contributed by atoms with van der Waals surface area (Å²) in [6, 6.07) is 15.5. The van der Waals surface area contributed by atoms with E-state index < -0.39 is 21.1 Å². The Kier molecular flexibility index (Phi) is 6.91. The summed E-state index contributed by atoms with van der Waals surface area (Å²) in [6.07, 6.45) is 3.03. The van der Waals surface area contributed by atoms with E-state index in [9.17, 15) is 13.2 Å². The minimum Gasteiger partial charge on any atom is -0.497 e. The number of methoxy groups -OCH3 is 1. The van der Waals surface area contributed by atoms with Crippen LogP contribution in [-0.2, 0) is 9.84 Å². The number of rotatable bonds is 7. The van der Waals surface area contributed by atoms with Crippen molar-refractivity contribution in [3.05, 3.63) is 83.6 Å². The molecule has 0 aliphatic rings. The average Bonchev–Trinajstić information content (AvgIpc) is 2.76. The second kappa shape index (κ2) is 9.60. The SMILES string of the molecule is COc1ccc(S(=O)(=O)C(CNC(=O)Nc2ccc(Cl)cc2)c2cccnc2)cc1. The first-order valence-corrected chi connectivity index (χ1v) is 10.9. The first kappa shape index (κ1) is 21.6. The first-order chi connectivity index (χ1) is 14.4. The molecule has 0 radical (unpaired) electrons. The van der Waals surface area contributed by atoms with E-state index in [1.165, 1.54) is 25.4 Å². The number of hydrogen-bond acceptors (Lipinski definition) is 5. The fourth-order valence-corrected chi connectivity index (χ4v) is 4.57. The van der Waals surface area contributed by atoms with E-state index in [0.29, 0.717) is 22.0 Å². The maximum Gasteiger partial charge on any atom is 0.319 e. The maximum atomic E-state index is 13.3. The molecule has 3 aromatic rings. The summed E-state index contributed by atoms with van der Waals surface area (Å²) in [5, 5.41) is 4.80. The Labute approximate surface area is 180 Å². The van der Waals surface area contributed by atoms with Crippen LogP contribution in [0.5, 0.6) is 5.75 Å². The average molecular weight is 446 g/mol. The quantitative estimate of drug-likeness (QED) is 0.571.